The van der Waals surface area contributed by atoms with Gasteiger partial charge >= 0.3 is 0 Å². The largest absolute Gasteiger partial charge is 0.357 e. The summed E-state index contributed by atoms with van der Waals surface area (Å²) >= 11 is 0. The van der Waals surface area contributed by atoms with Crippen LogP contribution in [0.15, 0.2) is 34.2 Å². The molecule has 0 heterocycles. The van der Waals surface area contributed by atoms with Crippen molar-refractivity contribution in [1.29, 1.82) is 0 Å². The van der Waals surface area contributed by atoms with Crippen molar-refractivity contribution in [2.24, 2.45) is 16.0 Å². The van der Waals surface area contributed by atoms with E-state index >= 15 is 0 Å². The average molecular weight is 355 g/mol. The molecule has 7 heteroatoms. The molecule has 0 aromatic heterocycles. The molecular formula is C17H30N4O2S. The van der Waals surface area contributed by atoms with Gasteiger partial charge in [-0.05, 0) is 37.0 Å². The normalized spacial score (nSPS) is 12.5. The van der Waals surface area contributed by atoms with Crippen molar-refractivity contribution in [2.45, 2.75) is 44.9 Å². The van der Waals surface area contributed by atoms with Crippen molar-refractivity contribution in [3.8, 4) is 0 Å². The van der Waals surface area contributed by atoms with Crippen LogP contribution >= 0.6 is 0 Å². The molecule has 0 aliphatic heterocycles. The van der Waals surface area contributed by atoms with Gasteiger partial charge in [-0.25, -0.2) is 13.6 Å². The van der Waals surface area contributed by atoms with E-state index in [0.717, 1.165) is 50.4 Å². The fraction of sp³-hybridized carbons (Fsp3) is 0.588. The highest BCUT2D eigenvalue weighted by atomic mass is 32.2. The Bertz CT molecular complexity index is 608. The molecule has 24 heavy (non-hydrogen) atoms. The minimum absolute atomic E-state index is 0.138. The maximum absolute atomic E-state index is 11.2. The first-order valence-corrected chi connectivity index (χ1v) is 10.1. The number of nitrogens with zero attached hydrogens (tertiary/aromatic N) is 1. The van der Waals surface area contributed by atoms with Crippen molar-refractivity contribution in [1.82, 2.24) is 10.6 Å². The van der Waals surface area contributed by atoms with E-state index in [4.69, 9.17) is 5.14 Å². The van der Waals surface area contributed by atoms with E-state index in [1.54, 1.807) is 12.1 Å². The maximum Gasteiger partial charge on any atom is 0.238 e. The minimum atomic E-state index is -3.63. The van der Waals surface area contributed by atoms with Crippen LogP contribution < -0.4 is 15.8 Å². The number of guanidine groups is 1. The molecule has 1 aromatic rings. The van der Waals surface area contributed by atoms with Gasteiger partial charge in [0.15, 0.2) is 5.96 Å². The van der Waals surface area contributed by atoms with Gasteiger partial charge in [0, 0.05) is 19.6 Å². The monoisotopic (exact) mass is 354 g/mol. The van der Waals surface area contributed by atoms with E-state index in [9.17, 15) is 8.42 Å². The Morgan fingerprint density at radius 3 is 2.25 bits per heavy atom. The summed E-state index contributed by atoms with van der Waals surface area (Å²) in [5.74, 6) is 1.44. The van der Waals surface area contributed by atoms with E-state index in [-0.39, 0.29) is 4.90 Å². The third kappa shape index (κ3) is 7.31. The highest BCUT2D eigenvalue weighted by Gasteiger charge is 2.07. The van der Waals surface area contributed by atoms with Crippen molar-refractivity contribution >= 4 is 16.0 Å². The topological polar surface area (TPSA) is 96.6 Å². The van der Waals surface area contributed by atoms with Crippen LogP contribution in [0.3, 0.4) is 0 Å². The minimum Gasteiger partial charge on any atom is -0.357 e. The Morgan fingerprint density at radius 1 is 1.12 bits per heavy atom. The van der Waals surface area contributed by atoms with Gasteiger partial charge in [-0.15, -0.1) is 0 Å². The van der Waals surface area contributed by atoms with Crippen LogP contribution in [-0.2, 0) is 16.4 Å². The zero-order valence-electron chi connectivity index (χ0n) is 14.9. The fourth-order valence-corrected chi connectivity index (χ4v) is 2.80. The van der Waals surface area contributed by atoms with Crippen LogP contribution in [0.5, 0.6) is 0 Å². The second kappa shape index (κ2) is 10.3. The van der Waals surface area contributed by atoms with Crippen LogP contribution in [0, 0.1) is 5.92 Å². The number of nitrogens with two attached hydrogens (primary N) is 1. The first-order valence-electron chi connectivity index (χ1n) is 8.54. The predicted molar refractivity (Wildman–Crippen MR) is 99.6 cm³/mol. The highest BCUT2D eigenvalue weighted by Crippen LogP contribution is 2.09. The molecule has 0 saturated heterocycles. The molecule has 136 valence electrons. The molecule has 0 amide bonds. The smallest absolute Gasteiger partial charge is 0.238 e. The molecule has 0 unspecified atom stereocenters. The maximum atomic E-state index is 11.2. The summed E-state index contributed by atoms with van der Waals surface area (Å²) in [4.78, 5) is 4.77. The fourth-order valence-electron chi connectivity index (χ4n) is 2.28. The Balaban J connectivity index is 2.54. The van der Waals surface area contributed by atoms with Crippen LogP contribution in [0.4, 0.5) is 0 Å². The van der Waals surface area contributed by atoms with E-state index in [1.807, 2.05) is 6.92 Å². The molecule has 0 radical (unpaired) electrons. The molecule has 0 aliphatic carbocycles. The van der Waals surface area contributed by atoms with Gasteiger partial charge in [0.2, 0.25) is 10.0 Å². The quantitative estimate of drug-likeness (QED) is 0.466. The van der Waals surface area contributed by atoms with Crippen LogP contribution in [0.2, 0.25) is 0 Å². The number of benzene rings is 1. The first kappa shape index (κ1) is 20.4. The van der Waals surface area contributed by atoms with Crippen molar-refractivity contribution in [2.75, 3.05) is 19.6 Å². The number of hydrogen-bond donors (Lipinski definition) is 3. The first-order chi connectivity index (χ1) is 11.4. The number of aliphatic imine (C=N–C) groups is 1. The molecule has 4 N–H and O–H groups in total. The lowest BCUT2D eigenvalue weighted by molar-refractivity contribution is 0.504. The summed E-state index contributed by atoms with van der Waals surface area (Å²) in [6.07, 6.45) is 3.05. The summed E-state index contributed by atoms with van der Waals surface area (Å²) < 4.78 is 22.5. The van der Waals surface area contributed by atoms with Crippen LogP contribution in [0.25, 0.3) is 0 Å². The molecule has 0 fully saturated rings. The second-order valence-corrected chi connectivity index (χ2v) is 7.33. The number of primary sulfonamides is 1. The van der Waals surface area contributed by atoms with Crippen molar-refractivity contribution < 1.29 is 8.42 Å². The summed E-state index contributed by atoms with van der Waals surface area (Å²) in [5, 5.41) is 11.7. The second-order valence-electron chi connectivity index (χ2n) is 5.77. The Labute approximate surface area is 146 Å². The molecule has 1 aromatic carbocycles. The van der Waals surface area contributed by atoms with Crippen molar-refractivity contribution in [3.63, 3.8) is 0 Å². The summed E-state index contributed by atoms with van der Waals surface area (Å²) in [5.41, 5.74) is 1.05. The van der Waals surface area contributed by atoms with Crippen LogP contribution in [-0.4, -0.2) is 34.0 Å². The van der Waals surface area contributed by atoms with Gasteiger partial charge in [0.25, 0.3) is 0 Å². The van der Waals surface area contributed by atoms with Gasteiger partial charge in [-0.2, -0.15) is 0 Å². The van der Waals surface area contributed by atoms with Gasteiger partial charge in [0.1, 0.15) is 0 Å². The SMILES string of the molecule is CCNC(=NCC(CC)CC)NCCc1ccc(S(N)(=O)=O)cc1. The predicted octanol–water partition coefficient (Wildman–Crippen LogP) is 1.87. The third-order valence-electron chi connectivity index (χ3n) is 3.96. The molecule has 1 rings (SSSR count). The standard InChI is InChI=1S/C17H30N4O2S/c1-4-14(5-2)13-21-17(19-6-3)20-12-11-15-7-9-16(10-8-15)24(18,22)23/h7-10,14H,4-6,11-13H2,1-3H3,(H2,18,22,23)(H2,19,20,21). The lowest BCUT2D eigenvalue weighted by atomic mass is 10.0. The van der Waals surface area contributed by atoms with Gasteiger partial charge in [-0.3, -0.25) is 4.99 Å². The number of nitrogens with one attached hydrogen (secondary N) is 2. The number of sulfonamides is 1. The van der Waals surface area contributed by atoms with Gasteiger partial charge < -0.3 is 10.6 Å². The molecule has 6 nitrogen and oxygen atoms in total. The Kier molecular flexibility index (Phi) is 8.78. The van der Waals surface area contributed by atoms with Crippen molar-refractivity contribution in [3.05, 3.63) is 29.8 Å². The Morgan fingerprint density at radius 2 is 1.75 bits per heavy atom. The summed E-state index contributed by atoms with van der Waals surface area (Å²) in [6, 6.07) is 6.65. The third-order valence-corrected chi connectivity index (χ3v) is 4.89. The highest BCUT2D eigenvalue weighted by molar-refractivity contribution is 7.89. The average Bonchev–Trinajstić information content (AvgIpc) is 2.55. The summed E-state index contributed by atoms with van der Waals surface area (Å²) in [6.45, 7) is 8.79. The molecular weight excluding hydrogens is 324 g/mol. The number of hydrogen-bond acceptors (Lipinski definition) is 3. The van der Waals surface area contributed by atoms with E-state index in [0.29, 0.717) is 5.92 Å². The molecule has 0 saturated carbocycles. The van der Waals surface area contributed by atoms with Crippen LogP contribution in [0.1, 0.15) is 39.2 Å². The zero-order chi connectivity index (χ0) is 18.0. The lowest BCUT2D eigenvalue weighted by Gasteiger charge is -2.14. The molecule has 0 spiro atoms. The zero-order valence-corrected chi connectivity index (χ0v) is 15.7. The lowest BCUT2D eigenvalue weighted by Crippen LogP contribution is -2.38. The number of rotatable bonds is 9. The molecule has 0 aliphatic rings. The van der Waals surface area contributed by atoms with E-state index in [2.05, 4.69) is 29.5 Å². The van der Waals surface area contributed by atoms with E-state index in [1.165, 1.54) is 12.1 Å². The van der Waals surface area contributed by atoms with Gasteiger partial charge in [0.05, 0.1) is 4.90 Å². The summed E-state index contributed by atoms with van der Waals surface area (Å²) in [7, 11) is -3.63. The van der Waals surface area contributed by atoms with Gasteiger partial charge in [-0.1, -0.05) is 38.8 Å². The molecule has 0 bridgehead atoms. The van der Waals surface area contributed by atoms with E-state index < -0.39 is 10.0 Å². The Hall–Kier alpha value is -1.60. The molecule has 0 atom stereocenters.